The number of halogens is 1. The van der Waals surface area contributed by atoms with Crippen LogP contribution >= 0.6 is 0 Å². The minimum atomic E-state index is -1.13. The maximum Gasteiger partial charge on any atom is 0.126 e. The molecule has 0 bridgehead atoms. The van der Waals surface area contributed by atoms with Gasteiger partial charge in [-0.05, 0) is 31.0 Å². The third-order valence-electron chi connectivity index (χ3n) is 3.20. The number of aromatic nitrogens is 2. The van der Waals surface area contributed by atoms with Crippen molar-refractivity contribution in [3.63, 3.8) is 0 Å². The van der Waals surface area contributed by atoms with Gasteiger partial charge in [0.1, 0.15) is 11.4 Å². The summed E-state index contributed by atoms with van der Waals surface area (Å²) in [5, 5.41) is 14.8. The van der Waals surface area contributed by atoms with Crippen LogP contribution in [0.1, 0.15) is 31.5 Å². The first-order chi connectivity index (χ1) is 9.04. The van der Waals surface area contributed by atoms with E-state index in [1.165, 1.54) is 6.07 Å². The lowest BCUT2D eigenvalue weighted by Gasteiger charge is -2.24. The Labute approximate surface area is 112 Å². The summed E-state index contributed by atoms with van der Waals surface area (Å²) in [5.74, 6) is -0.288. The van der Waals surface area contributed by atoms with Crippen LogP contribution in [0.5, 0.6) is 0 Å². The van der Waals surface area contributed by atoms with E-state index in [4.69, 9.17) is 0 Å². The van der Waals surface area contributed by atoms with Crippen molar-refractivity contribution < 1.29 is 9.50 Å². The summed E-state index contributed by atoms with van der Waals surface area (Å²) in [6.07, 6.45) is 2.83. The van der Waals surface area contributed by atoms with Crippen molar-refractivity contribution in [2.24, 2.45) is 0 Å². The summed E-state index contributed by atoms with van der Waals surface area (Å²) >= 11 is 0. The fourth-order valence-electron chi connectivity index (χ4n) is 2.28. The summed E-state index contributed by atoms with van der Waals surface area (Å²) in [6.45, 7) is 4.50. The molecule has 0 amide bonds. The molecule has 0 saturated carbocycles. The van der Waals surface area contributed by atoms with Crippen molar-refractivity contribution >= 4 is 0 Å². The predicted octanol–water partition coefficient (Wildman–Crippen LogP) is 2.88. The van der Waals surface area contributed by atoms with Crippen LogP contribution in [0.3, 0.4) is 0 Å². The first-order valence-corrected chi connectivity index (χ1v) is 6.52. The lowest BCUT2D eigenvalue weighted by Crippen LogP contribution is -2.28. The Balaban J connectivity index is 2.27. The zero-order valence-electron chi connectivity index (χ0n) is 11.3. The van der Waals surface area contributed by atoms with Gasteiger partial charge in [-0.15, -0.1) is 0 Å². The van der Waals surface area contributed by atoms with Gasteiger partial charge in [-0.1, -0.05) is 25.1 Å². The maximum atomic E-state index is 13.7. The average molecular weight is 262 g/mol. The molecule has 3 nitrogen and oxygen atoms in total. The molecule has 2 rings (SSSR count). The molecule has 0 spiro atoms. The summed E-state index contributed by atoms with van der Waals surface area (Å²) < 4.78 is 15.5. The molecule has 0 fully saturated rings. The Morgan fingerprint density at radius 1 is 1.32 bits per heavy atom. The number of aryl methyl sites for hydroxylation is 1. The van der Waals surface area contributed by atoms with Gasteiger partial charge >= 0.3 is 0 Å². The van der Waals surface area contributed by atoms with Crippen molar-refractivity contribution in [1.29, 1.82) is 0 Å². The SMILES string of the molecule is CCCn1nccc1C(C)(O)Cc1ccccc1F. The van der Waals surface area contributed by atoms with E-state index in [0.29, 0.717) is 5.56 Å². The molecule has 0 aliphatic heterocycles. The minimum Gasteiger partial charge on any atom is -0.384 e. The molecule has 0 radical (unpaired) electrons. The average Bonchev–Trinajstić information content (AvgIpc) is 2.81. The van der Waals surface area contributed by atoms with Crippen LogP contribution in [0.2, 0.25) is 0 Å². The Morgan fingerprint density at radius 2 is 2.05 bits per heavy atom. The number of aliphatic hydroxyl groups is 1. The number of rotatable bonds is 5. The third-order valence-corrected chi connectivity index (χ3v) is 3.20. The Hall–Kier alpha value is -1.68. The standard InChI is InChI=1S/C15H19FN2O/c1-3-10-18-14(8-9-17-18)15(2,19)11-12-6-4-5-7-13(12)16/h4-9,19H,3,10-11H2,1-2H3. The predicted molar refractivity (Wildman–Crippen MR) is 72.2 cm³/mol. The first kappa shape index (κ1) is 13.7. The third kappa shape index (κ3) is 3.01. The topological polar surface area (TPSA) is 38.0 Å². The van der Waals surface area contributed by atoms with Crippen LogP contribution in [-0.2, 0) is 18.6 Å². The van der Waals surface area contributed by atoms with Gasteiger partial charge in [0.2, 0.25) is 0 Å². The highest BCUT2D eigenvalue weighted by atomic mass is 19.1. The second kappa shape index (κ2) is 5.53. The van der Waals surface area contributed by atoms with Gasteiger partial charge in [-0.3, -0.25) is 4.68 Å². The number of nitrogens with zero attached hydrogens (tertiary/aromatic N) is 2. The monoisotopic (exact) mass is 262 g/mol. The number of benzene rings is 1. The molecule has 0 saturated heterocycles. The smallest absolute Gasteiger partial charge is 0.126 e. The fourth-order valence-corrected chi connectivity index (χ4v) is 2.28. The second-order valence-corrected chi connectivity index (χ2v) is 4.98. The normalized spacial score (nSPS) is 14.3. The molecule has 19 heavy (non-hydrogen) atoms. The lowest BCUT2D eigenvalue weighted by molar-refractivity contribution is 0.0468. The lowest BCUT2D eigenvalue weighted by atomic mass is 9.93. The van der Waals surface area contributed by atoms with Crippen molar-refractivity contribution in [1.82, 2.24) is 9.78 Å². The highest BCUT2D eigenvalue weighted by molar-refractivity contribution is 5.22. The van der Waals surface area contributed by atoms with Gasteiger partial charge in [0.15, 0.2) is 0 Å². The molecule has 1 N–H and O–H groups in total. The molecule has 4 heteroatoms. The van der Waals surface area contributed by atoms with E-state index < -0.39 is 5.60 Å². The number of hydrogen-bond donors (Lipinski definition) is 1. The largest absolute Gasteiger partial charge is 0.384 e. The quantitative estimate of drug-likeness (QED) is 0.899. The van der Waals surface area contributed by atoms with Crippen LogP contribution < -0.4 is 0 Å². The van der Waals surface area contributed by atoms with Crippen molar-refractivity contribution in [2.45, 2.75) is 38.8 Å². The van der Waals surface area contributed by atoms with E-state index in [0.717, 1.165) is 18.7 Å². The van der Waals surface area contributed by atoms with E-state index in [1.54, 1.807) is 42.1 Å². The summed E-state index contributed by atoms with van der Waals surface area (Å²) in [7, 11) is 0. The highest BCUT2D eigenvalue weighted by Gasteiger charge is 2.28. The molecule has 1 atom stereocenters. The molecule has 0 aliphatic rings. The Morgan fingerprint density at radius 3 is 2.74 bits per heavy atom. The van der Waals surface area contributed by atoms with Crippen LogP contribution in [0.4, 0.5) is 4.39 Å². The maximum absolute atomic E-state index is 13.7. The zero-order valence-corrected chi connectivity index (χ0v) is 11.3. The van der Waals surface area contributed by atoms with Crippen molar-refractivity contribution in [2.75, 3.05) is 0 Å². The van der Waals surface area contributed by atoms with Gasteiger partial charge in [0.05, 0.1) is 5.69 Å². The number of hydrogen-bond acceptors (Lipinski definition) is 2. The Bertz CT molecular complexity index is 549. The van der Waals surface area contributed by atoms with Gasteiger partial charge in [0.25, 0.3) is 0 Å². The van der Waals surface area contributed by atoms with E-state index in [9.17, 15) is 9.50 Å². The highest BCUT2D eigenvalue weighted by Crippen LogP contribution is 2.26. The molecule has 102 valence electrons. The van der Waals surface area contributed by atoms with Gasteiger partial charge in [0, 0.05) is 19.2 Å². The molecule has 2 aromatic rings. The van der Waals surface area contributed by atoms with Crippen molar-refractivity contribution in [3.8, 4) is 0 Å². The zero-order chi connectivity index (χ0) is 13.9. The van der Waals surface area contributed by atoms with E-state index >= 15 is 0 Å². The van der Waals surface area contributed by atoms with Crippen LogP contribution in [0.25, 0.3) is 0 Å². The molecular weight excluding hydrogens is 243 g/mol. The Kier molecular flexibility index (Phi) is 4.00. The van der Waals surface area contributed by atoms with Crippen LogP contribution in [-0.4, -0.2) is 14.9 Å². The van der Waals surface area contributed by atoms with E-state index in [1.807, 2.05) is 0 Å². The molecule has 0 aliphatic carbocycles. The fraction of sp³-hybridized carbons (Fsp3) is 0.400. The first-order valence-electron chi connectivity index (χ1n) is 6.52. The van der Waals surface area contributed by atoms with Gasteiger partial charge < -0.3 is 5.11 Å². The minimum absolute atomic E-state index is 0.231. The molecule has 1 unspecified atom stereocenters. The van der Waals surface area contributed by atoms with E-state index in [-0.39, 0.29) is 12.2 Å². The molecule has 1 heterocycles. The molecule has 1 aromatic carbocycles. The summed E-state index contributed by atoms with van der Waals surface area (Å²) in [5.41, 5.74) is 0.0998. The summed E-state index contributed by atoms with van der Waals surface area (Å²) in [6, 6.07) is 8.32. The van der Waals surface area contributed by atoms with E-state index in [2.05, 4.69) is 12.0 Å². The molecular formula is C15H19FN2O. The van der Waals surface area contributed by atoms with Crippen LogP contribution in [0, 0.1) is 5.82 Å². The van der Waals surface area contributed by atoms with Crippen LogP contribution in [0.15, 0.2) is 36.5 Å². The van der Waals surface area contributed by atoms with Gasteiger partial charge in [-0.25, -0.2) is 4.39 Å². The second-order valence-electron chi connectivity index (χ2n) is 4.98. The molecule has 1 aromatic heterocycles. The van der Waals surface area contributed by atoms with Gasteiger partial charge in [-0.2, -0.15) is 5.10 Å². The summed E-state index contributed by atoms with van der Waals surface area (Å²) in [4.78, 5) is 0. The van der Waals surface area contributed by atoms with Crippen molar-refractivity contribution in [3.05, 3.63) is 53.6 Å².